The molecular formula is C15H14O2S. The highest BCUT2D eigenvalue weighted by Crippen LogP contribution is 2.42. The predicted octanol–water partition coefficient (Wildman–Crippen LogP) is 4.02. The van der Waals surface area contributed by atoms with Crippen molar-refractivity contribution < 1.29 is 9.47 Å². The van der Waals surface area contributed by atoms with Crippen LogP contribution in [0.1, 0.15) is 16.6 Å². The van der Waals surface area contributed by atoms with Crippen LogP contribution in [-0.2, 0) is 11.3 Å². The van der Waals surface area contributed by atoms with Crippen LogP contribution in [-0.4, -0.2) is 7.11 Å². The summed E-state index contributed by atoms with van der Waals surface area (Å²) in [5.41, 5.74) is 2.52. The van der Waals surface area contributed by atoms with E-state index in [-0.39, 0.29) is 5.44 Å². The second-order valence-corrected chi connectivity index (χ2v) is 5.25. The molecule has 2 aromatic rings. The molecule has 1 aliphatic heterocycles. The molecule has 1 atom stereocenters. The van der Waals surface area contributed by atoms with E-state index in [1.54, 1.807) is 18.9 Å². The van der Waals surface area contributed by atoms with Gasteiger partial charge in [-0.25, -0.2) is 0 Å². The Balaban J connectivity index is 1.82. The van der Waals surface area contributed by atoms with Crippen LogP contribution < -0.4 is 4.74 Å². The standard InChI is InChI=1S/C15H14O2S/c1-16-13-8-6-11(7-9-13)15-17-10-12-4-2-3-5-14(12)18-15/h2-9,15H,10H2,1H3. The molecule has 18 heavy (non-hydrogen) atoms. The van der Waals surface area contributed by atoms with Gasteiger partial charge >= 0.3 is 0 Å². The summed E-state index contributed by atoms with van der Waals surface area (Å²) < 4.78 is 11.1. The molecule has 0 amide bonds. The van der Waals surface area contributed by atoms with E-state index >= 15 is 0 Å². The van der Waals surface area contributed by atoms with Gasteiger partial charge in [-0.15, -0.1) is 0 Å². The summed E-state index contributed by atoms with van der Waals surface area (Å²) in [5.74, 6) is 0.875. The molecule has 0 aromatic heterocycles. The van der Waals surface area contributed by atoms with Crippen molar-refractivity contribution in [2.75, 3.05) is 7.11 Å². The Morgan fingerprint density at radius 2 is 1.89 bits per heavy atom. The Hall–Kier alpha value is -1.45. The molecule has 3 heteroatoms. The molecule has 1 heterocycles. The lowest BCUT2D eigenvalue weighted by molar-refractivity contribution is 0.0926. The van der Waals surface area contributed by atoms with Crippen LogP contribution in [0.25, 0.3) is 0 Å². The molecule has 3 rings (SSSR count). The zero-order valence-electron chi connectivity index (χ0n) is 10.1. The first-order valence-electron chi connectivity index (χ1n) is 5.87. The first-order chi connectivity index (χ1) is 8.86. The van der Waals surface area contributed by atoms with Gasteiger partial charge in [-0.2, -0.15) is 0 Å². The van der Waals surface area contributed by atoms with Gasteiger partial charge in [0.2, 0.25) is 0 Å². The van der Waals surface area contributed by atoms with E-state index in [9.17, 15) is 0 Å². The molecule has 0 saturated carbocycles. The van der Waals surface area contributed by atoms with Crippen LogP contribution in [0, 0.1) is 0 Å². The van der Waals surface area contributed by atoms with E-state index in [0.29, 0.717) is 6.61 Å². The topological polar surface area (TPSA) is 18.5 Å². The number of hydrogen-bond acceptors (Lipinski definition) is 3. The van der Waals surface area contributed by atoms with Gasteiger partial charge in [-0.3, -0.25) is 0 Å². The molecule has 2 nitrogen and oxygen atoms in total. The van der Waals surface area contributed by atoms with Crippen LogP contribution in [0.2, 0.25) is 0 Å². The van der Waals surface area contributed by atoms with Crippen LogP contribution >= 0.6 is 11.8 Å². The Bertz CT molecular complexity index is 536. The first kappa shape index (κ1) is 11.6. The molecule has 0 aliphatic carbocycles. The zero-order chi connectivity index (χ0) is 12.4. The summed E-state index contributed by atoms with van der Waals surface area (Å²) >= 11 is 1.76. The minimum absolute atomic E-state index is 0.0748. The summed E-state index contributed by atoms with van der Waals surface area (Å²) in [6.45, 7) is 0.680. The fourth-order valence-electron chi connectivity index (χ4n) is 1.98. The molecular weight excluding hydrogens is 244 g/mol. The molecule has 0 fully saturated rings. The third-order valence-electron chi connectivity index (χ3n) is 2.98. The number of thioether (sulfide) groups is 1. The summed E-state index contributed by atoms with van der Waals surface area (Å²) in [5, 5.41) is 0. The van der Waals surface area contributed by atoms with Crippen molar-refractivity contribution in [1.29, 1.82) is 0 Å². The molecule has 0 bridgehead atoms. The zero-order valence-corrected chi connectivity index (χ0v) is 10.9. The maximum atomic E-state index is 5.89. The number of fused-ring (bicyclic) bond motifs is 1. The van der Waals surface area contributed by atoms with Gasteiger partial charge in [-0.05, 0) is 29.3 Å². The molecule has 1 unspecified atom stereocenters. The van der Waals surface area contributed by atoms with Crippen molar-refractivity contribution in [2.24, 2.45) is 0 Å². The van der Waals surface area contributed by atoms with Gasteiger partial charge in [-0.1, -0.05) is 42.1 Å². The highest BCUT2D eigenvalue weighted by molar-refractivity contribution is 7.99. The maximum absolute atomic E-state index is 5.89. The number of methoxy groups -OCH3 is 1. The highest BCUT2D eigenvalue weighted by Gasteiger charge is 2.20. The van der Waals surface area contributed by atoms with Gasteiger partial charge in [0.1, 0.15) is 11.2 Å². The van der Waals surface area contributed by atoms with Crippen molar-refractivity contribution >= 4 is 11.8 Å². The fraction of sp³-hybridized carbons (Fsp3) is 0.200. The molecule has 1 aliphatic rings. The van der Waals surface area contributed by atoms with E-state index in [1.165, 1.54) is 16.0 Å². The van der Waals surface area contributed by atoms with Gasteiger partial charge < -0.3 is 9.47 Å². The lowest BCUT2D eigenvalue weighted by atomic mass is 10.2. The highest BCUT2D eigenvalue weighted by atomic mass is 32.2. The largest absolute Gasteiger partial charge is 0.497 e. The Labute approximate surface area is 111 Å². The monoisotopic (exact) mass is 258 g/mol. The van der Waals surface area contributed by atoms with Crippen LogP contribution in [0.4, 0.5) is 0 Å². The maximum Gasteiger partial charge on any atom is 0.133 e. The average molecular weight is 258 g/mol. The SMILES string of the molecule is COc1ccc(C2OCc3ccccc3S2)cc1. The van der Waals surface area contributed by atoms with E-state index in [4.69, 9.17) is 9.47 Å². The first-order valence-corrected chi connectivity index (χ1v) is 6.75. The normalized spacial score (nSPS) is 18.2. The summed E-state index contributed by atoms with van der Waals surface area (Å²) in [4.78, 5) is 1.31. The summed E-state index contributed by atoms with van der Waals surface area (Å²) in [7, 11) is 1.68. The fourth-order valence-corrected chi connectivity index (χ4v) is 3.07. The van der Waals surface area contributed by atoms with Crippen molar-refractivity contribution in [3.8, 4) is 5.75 Å². The average Bonchev–Trinajstić information content (AvgIpc) is 2.47. The number of benzene rings is 2. The minimum Gasteiger partial charge on any atom is -0.497 e. The Morgan fingerprint density at radius 3 is 2.67 bits per heavy atom. The van der Waals surface area contributed by atoms with Crippen LogP contribution in [0.5, 0.6) is 5.75 Å². The van der Waals surface area contributed by atoms with Crippen molar-refractivity contribution in [1.82, 2.24) is 0 Å². The van der Waals surface area contributed by atoms with Crippen LogP contribution in [0.15, 0.2) is 53.4 Å². The van der Waals surface area contributed by atoms with Crippen molar-refractivity contribution in [3.05, 3.63) is 59.7 Å². The minimum atomic E-state index is 0.0748. The van der Waals surface area contributed by atoms with E-state index in [0.717, 1.165) is 5.75 Å². The molecule has 0 saturated heterocycles. The van der Waals surface area contributed by atoms with E-state index < -0.39 is 0 Å². The van der Waals surface area contributed by atoms with Gasteiger partial charge in [0.25, 0.3) is 0 Å². The Kier molecular flexibility index (Phi) is 3.26. The van der Waals surface area contributed by atoms with Gasteiger partial charge in [0.15, 0.2) is 0 Å². The summed E-state index contributed by atoms with van der Waals surface area (Å²) in [6, 6.07) is 16.5. The van der Waals surface area contributed by atoms with Crippen LogP contribution in [0.3, 0.4) is 0 Å². The third-order valence-corrected chi connectivity index (χ3v) is 4.26. The van der Waals surface area contributed by atoms with Gasteiger partial charge in [0, 0.05) is 4.90 Å². The molecule has 0 N–H and O–H groups in total. The second-order valence-electron chi connectivity index (χ2n) is 4.14. The lowest BCUT2D eigenvalue weighted by Gasteiger charge is -2.24. The molecule has 0 radical (unpaired) electrons. The number of hydrogen-bond donors (Lipinski definition) is 0. The molecule has 0 spiro atoms. The van der Waals surface area contributed by atoms with E-state index in [1.807, 2.05) is 12.1 Å². The van der Waals surface area contributed by atoms with Gasteiger partial charge in [0.05, 0.1) is 13.7 Å². The van der Waals surface area contributed by atoms with Crippen molar-refractivity contribution in [3.63, 3.8) is 0 Å². The van der Waals surface area contributed by atoms with Crippen molar-refractivity contribution in [2.45, 2.75) is 16.9 Å². The summed E-state index contributed by atoms with van der Waals surface area (Å²) in [6.07, 6.45) is 0. The quantitative estimate of drug-likeness (QED) is 0.810. The second kappa shape index (κ2) is 5.04. The molecule has 92 valence electrons. The van der Waals surface area contributed by atoms with E-state index in [2.05, 4.69) is 36.4 Å². The number of rotatable bonds is 2. The number of ether oxygens (including phenoxy) is 2. The third kappa shape index (κ3) is 2.24. The Morgan fingerprint density at radius 1 is 1.11 bits per heavy atom. The molecule has 2 aromatic carbocycles. The lowest BCUT2D eigenvalue weighted by Crippen LogP contribution is -2.07. The smallest absolute Gasteiger partial charge is 0.133 e. The predicted molar refractivity (Wildman–Crippen MR) is 72.8 cm³/mol.